The van der Waals surface area contributed by atoms with Gasteiger partial charge in [-0.3, -0.25) is 4.79 Å². The van der Waals surface area contributed by atoms with Crippen LogP contribution in [0.3, 0.4) is 0 Å². The predicted molar refractivity (Wildman–Crippen MR) is 95.3 cm³/mol. The third-order valence-electron chi connectivity index (χ3n) is 5.36. The summed E-state index contributed by atoms with van der Waals surface area (Å²) in [5, 5.41) is 4.71. The maximum Gasteiger partial charge on any atom is 0.267 e. The molecule has 26 heavy (non-hydrogen) atoms. The maximum absolute atomic E-state index is 12.4. The molecular formula is C17H23N5O3S. The van der Waals surface area contributed by atoms with Gasteiger partial charge in [0, 0.05) is 12.1 Å². The summed E-state index contributed by atoms with van der Waals surface area (Å²) in [4.78, 5) is 18.8. The van der Waals surface area contributed by atoms with Gasteiger partial charge in [0.05, 0.1) is 24.3 Å². The molecule has 0 spiro atoms. The summed E-state index contributed by atoms with van der Waals surface area (Å²) in [6.45, 7) is 0. The number of aromatic amines is 1. The topological polar surface area (TPSA) is 110 Å². The zero-order valence-electron chi connectivity index (χ0n) is 14.5. The first-order valence-electron chi connectivity index (χ1n) is 9.15. The average Bonchev–Trinajstić information content (AvgIpc) is 3.17. The number of nitrogens with one attached hydrogen (secondary N) is 2. The van der Waals surface area contributed by atoms with Crippen LogP contribution in [0.4, 0.5) is 0 Å². The number of aryl methyl sites for hydroxylation is 2. The number of hydrogen-bond donors (Lipinski definition) is 2. The fourth-order valence-electron chi connectivity index (χ4n) is 3.95. The lowest BCUT2D eigenvalue weighted by Gasteiger charge is -2.30. The van der Waals surface area contributed by atoms with Crippen molar-refractivity contribution < 1.29 is 8.42 Å². The van der Waals surface area contributed by atoms with Crippen LogP contribution < -0.4 is 10.3 Å². The number of fused-ring (bicyclic) bond motifs is 1. The van der Waals surface area contributed by atoms with Gasteiger partial charge in [-0.15, -0.1) is 0 Å². The Bertz CT molecular complexity index is 928. The van der Waals surface area contributed by atoms with Crippen LogP contribution in [0.15, 0.2) is 28.4 Å². The fourth-order valence-corrected chi connectivity index (χ4v) is 5.16. The maximum atomic E-state index is 12.4. The summed E-state index contributed by atoms with van der Waals surface area (Å²) in [7, 11) is -3.57. The molecule has 1 fully saturated rings. The molecule has 0 aromatic carbocycles. The molecule has 140 valence electrons. The molecule has 0 amide bonds. The summed E-state index contributed by atoms with van der Waals surface area (Å²) in [6, 6.07) is 1.66. The van der Waals surface area contributed by atoms with Crippen molar-refractivity contribution in [1.82, 2.24) is 24.5 Å². The van der Waals surface area contributed by atoms with Gasteiger partial charge in [-0.2, -0.15) is 5.10 Å². The van der Waals surface area contributed by atoms with Gasteiger partial charge in [0.15, 0.2) is 5.03 Å². The summed E-state index contributed by atoms with van der Waals surface area (Å²) < 4.78 is 28.9. The molecule has 2 aromatic rings. The molecule has 0 radical (unpaired) electrons. The normalized spacial score (nSPS) is 23.5. The minimum absolute atomic E-state index is 0.0351. The molecule has 8 nitrogen and oxygen atoms in total. The van der Waals surface area contributed by atoms with E-state index in [0.717, 1.165) is 49.8 Å². The molecule has 2 aliphatic rings. The van der Waals surface area contributed by atoms with Crippen LogP contribution in [-0.2, 0) is 22.9 Å². The number of sulfonamides is 1. The Morgan fingerprint density at radius 2 is 1.92 bits per heavy atom. The number of hydrogen-bond acceptors (Lipinski definition) is 5. The lowest BCUT2D eigenvalue weighted by Crippen LogP contribution is -2.40. The van der Waals surface area contributed by atoms with Crippen molar-refractivity contribution in [2.45, 2.75) is 68.5 Å². The van der Waals surface area contributed by atoms with Crippen molar-refractivity contribution in [2.75, 3.05) is 0 Å². The molecule has 0 bridgehead atoms. The molecule has 2 heterocycles. The highest BCUT2D eigenvalue weighted by atomic mass is 32.2. The van der Waals surface area contributed by atoms with Gasteiger partial charge in [-0.05, 0) is 56.9 Å². The van der Waals surface area contributed by atoms with Crippen molar-refractivity contribution in [1.29, 1.82) is 0 Å². The second kappa shape index (κ2) is 6.96. The van der Waals surface area contributed by atoms with E-state index in [4.69, 9.17) is 0 Å². The first kappa shape index (κ1) is 17.4. The Morgan fingerprint density at radius 1 is 1.15 bits per heavy atom. The second-order valence-electron chi connectivity index (χ2n) is 7.15. The highest BCUT2D eigenvalue weighted by Gasteiger charge is 2.28. The summed E-state index contributed by atoms with van der Waals surface area (Å²) >= 11 is 0. The van der Waals surface area contributed by atoms with E-state index in [1.54, 1.807) is 10.7 Å². The van der Waals surface area contributed by atoms with Crippen molar-refractivity contribution in [3.05, 3.63) is 40.2 Å². The van der Waals surface area contributed by atoms with Gasteiger partial charge in [0.2, 0.25) is 0 Å². The van der Waals surface area contributed by atoms with Gasteiger partial charge in [-0.1, -0.05) is 0 Å². The molecule has 2 aromatic heterocycles. The first-order valence-corrected chi connectivity index (χ1v) is 10.6. The standard InChI is InChI=1S/C17H23N5O3S/c23-17-9-12-3-1-2-4-15(12)20-22(17)14-7-5-13(6-8-14)21-26(24,25)16-10-18-11-19-16/h9-11,13-14,21H,1-8H2,(H,18,19). The van der Waals surface area contributed by atoms with Crippen molar-refractivity contribution >= 4 is 10.0 Å². The Labute approximate surface area is 152 Å². The first-order chi connectivity index (χ1) is 12.5. The lowest BCUT2D eigenvalue weighted by molar-refractivity contribution is 0.282. The molecule has 0 aliphatic heterocycles. The highest BCUT2D eigenvalue weighted by Crippen LogP contribution is 2.28. The van der Waals surface area contributed by atoms with E-state index in [9.17, 15) is 13.2 Å². The van der Waals surface area contributed by atoms with Crippen LogP contribution in [0.1, 0.15) is 55.8 Å². The van der Waals surface area contributed by atoms with E-state index in [1.165, 1.54) is 12.5 Å². The van der Waals surface area contributed by atoms with Gasteiger partial charge >= 0.3 is 0 Å². The summed E-state index contributed by atoms with van der Waals surface area (Å²) in [5.74, 6) is 0. The molecule has 0 saturated heterocycles. The minimum atomic E-state index is -3.57. The summed E-state index contributed by atoms with van der Waals surface area (Å²) in [5.41, 5.74) is 2.11. The average molecular weight is 377 g/mol. The molecule has 2 N–H and O–H groups in total. The van der Waals surface area contributed by atoms with E-state index in [1.807, 2.05) is 0 Å². The van der Waals surface area contributed by atoms with E-state index < -0.39 is 10.0 Å². The van der Waals surface area contributed by atoms with E-state index >= 15 is 0 Å². The number of nitrogens with zero attached hydrogens (tertiary/aromatic N) is 3. The number of rotatable bonds is 4. The Kier molecular flexibility index (Phi) is 4.66. The van der Waals surface area contributed by atoms with Gasteiger partial charge < -0.3 is 4.98 Å². The molecule has 1 saturated carbocycles. The molecule has 9 heteroatoms. The Morgan fingerprint density at radius 3 is 2.65 bits per heavy atom. The smallest absolute Gasteiger partial charge is 0.267 e. The van der Waals surface area contributed by atoms with Gasteiger partial charge in [0.25, 0.3) is 15.6 Å². The molecule has 2 aliphatic carbocycles. The Hall–Kier alpha value is -2.00. The van der Waals surface area contributed by atoms with E-state index in [-0.39, 0.29) is 22.7 Å². The van der Waals surface area contributed by atoms with Crippen LogP contribution >= 0.6 is 0 Å². The predicted octanol–water partition coefficient (Wildman–Crippen LogP) is 1.31. The van der Waals surface area contributed by atoms with Crippen LogP contribution in [0.2, 0.25) is 0 Å². The molecule has 0 unspecified atom stereocenters. The largest absolute Gasteiger partial charge is 0.335 e. The lowest BCUT2D eigenvalue weighted by atomic mass is 9.91. The number of imidazole rings is 1. The monoisotopic (exact) mass is 377 g/mol. The van der Waals surface area contributed by atoms with E-state index in [0.29, 0.717) is 12.8 Å². The second-order valence-corrected chi connectivity index (χ2v) is 8.83. The van der Waals surface area contributed by atoms with Gasteiger partial charge in [-0.25, -0.2) is 22.8 Å². The van der Waals surface area contributed by atoms with Crippen LogP contribution in [0.5, 0.6) is 0 Å². The third kappa shape index (κ3) is 3.45. The molecule has 0 atom stereocenters. The SMILES string of the molecule is O=c1cc2c(nn1C1CCC(NS(=O)(=O)c3cnc[nH]3)CC1)CCCC2. The zero-order valence-corrected chi connectivity index (χ0v) is 15.3. The highest BCUT2D eigenvalue weighted by molar-refractivity contribution is 7.89. The number of aromatic nitrogens is 4. The molecule has 4 rings (SSSR count). The van der Waals surface area contributed by atoms with E-state index in [2.05, 4.69) is 19.8 Å². The van der Waals surface area contributed by atoms with Crippen LogP contribution in [-0.4, -0.2) is 34.2 Å². The van der Waals surface area contributed by atoms with Crippen molar-refractivity contribution in [2.24, 2.45) is 0 Å². The fraction of sp³-hybridized carbons (Fsp3) is 0.588. The zero-order chi connectivity index (χ0) is 18.1. The van der Waals surface area contributed by atoms with Crippen LogP contribution in [0.25, 0.3) is 0 Å². The quantitative estimate of drug-likeness (QED) is 0.835. The minimum Gasteiger partial charge on any atom is -0.335 e. The Balaban J connectivity index is 1.43. The van der Waals surface area contributed by atoms with Crippen molar-refractivity contribution in [3.63, 3.8) is 0 Å². The van der Waals surface area contributed by atoms with Crippen LogP contribution in [0, 0.1) is 0 Å². The van der Waals surface area contributed by atoms with Gasteiger partial charge in [0.1, 0.15) is 0 Å². The van der Waals surface area contributed by atoms with Crippen molar-refractivity contribution in [3.8, 4) is 0 Å². The number of H-pyrrole nitrogens is 1. The molecular weight excluding hydrogens is 354 g/mol. The summed E-state index contributed by atoms with van der Waals surface area (Å²) in [6.07, 6.45) is 9.62. The third-order valence-corrected chi connectivity index (χ3v) is 6.81.